The number of rotatable bonds is 7. The van der Waals surface area contributed by atoms with Crippen molar-refractivity contribution in [2.45, 2.75) is 116 Å². The number of carbonyl (C=O) groups is 3. The summed E-state index contributed by atoms with van der Waals surface area (Å²) in [5.41, 5.74) is 2.20. The molecule has 1 aromatic carbocycles. The molecule has 242 valence electrons. The number of carbonyl (C=O) groups excluding carboxylic acids is 3. The Balaban J connectivity index is 1.13. The Labute approximate surface area is 260 Å². The van der Waals surface area contributed by atoms with Crippen LogP contribution < -0.4 is 16.3 Å². The lowest BCUT2D eigenvalue weighted by atomic mass is 9.83. The molecule has 2 N–H and O–H groups in total. The highest BCUT2D eigenvalue weighted by Gasteiger charge is 2.34. The first-order chi connectivity index (χ1) is 20.7. The van der Waals surface area contributed by atoms with E-state index in [1.807, 2.05) is 26.0 Å². The van der Waals surface area contributed by atoms with Crippen molar-refractivity contribution in [3.8, 4) is 0 Å². The molecule has 2 aliphatic heterocycles. The number of nitrogens with zero attached hydrogens (tertiary/aromatic N) is 3. The van der Waals surface area contributed by atoms with Gasteiger partial charge in [-0.15, -0.1) is 0 Å². The molecule has 1 aliphatic carbocycles. The van der Waals surface area contributed by atoms with E-state index < -0.39 is 17.6 Å². The van der Waals surface area contributed by atoms with E-state index in [1.54, 1.807) is 16.2 Å². The zero-order valence-electron chi connectivity index (χ0n) is 27.4. The van der Waals surface area contributed by atoms with Gasteiger partial charge in [0.25, 0.3) is 0 Å². The number of hydrogen-bond donors (Lipinski definition) is 2. The van der Waals surface area contributed by atoms with Gasteiger partial charge in [0, 0.05) is 26.1 Å². The largest absolute Gasteiger partial charge is 0.444 e. The summed E-state index contributed by atoms with van der Waals surface area (Å²) in [6.45, 7) is 13.5. The SMILES string of the molecule is Cn1c(=O)n(C2CCC(=O)NC2=O)c2cccc(C3CCN(CC4CCC(NC(=O)OC(C)(C)CC(C)(C)C)CC4)CC3)c21. The number of amides is 3. The normalized spacial score (nSPS) is 24.4. The Kier molecular flexibility index (Phi) is 9.31. The molecule has 2 saturated heterocycles. The van der Waals surface area contributed by atoms with Crippen LogP contribution in [0.1, 0.15) is 110 Å². The van der Waals surface area contributed by atoms with E-state index >= 15 is 0 Å². The Hall–Kier alpha value is -3.14. The van der Waals surface area contributed by atoms with Gasteiger partial charge in [-0.2, -0.15) is 0 Å². The molecule has 1 aromatic heterocycles. The highest BCUT2D eigenvalue weighted by atomic mass is 16.6. The van der Waals surface area contributed by atoms with Crippen LogP contribution in [0, 0.1) is 11.3 Å². The number of para-hydroxylation sites is 1. The maximum Gasteiger partial charge on any atom is 0.407 e. The average Bonchev–Trinajstić information content (AvgIpc) is 3.18. The number of imidazole rings is 1. The van der Waals surface area contributed by atoms with Crippen molar-refractivity contribution < 1.29 is 19.1 Å². The molecule has 3 heterocycles. The molecule has 10 nitrogen and oxygen atoms in total. The minimum Gasteiger partial charge on any atom is -0.444 e. The Morgan fingerprint density at radius 1 is 0.977 bits per heavy atom. The fourth-order valence-electron chi connectivity index (χ4n) is 8.07. The lowest BCUT2D eigenvalue weighted by Gasteiger charge is -2.37. The summed E-state index contributed by atoms with van der Waals surface area (Å²) in [6, 6.07) is 5.53. The molecule has 3 fully saturated rings. The van der Waals surface area contributed by atoms with Gasteiger partial charge in [0.15, 0.2) is 0 Å². The predicted molar refractivity (Wildman–Crippen MR) is 171 cm³/mol. The third-order valence-electron chi connectivity index (χ3n) is 9.69. The van der Waals surface area contributed by atoms with Crippen LogP contribution in [0.25, 0.3) is 11.0 Å². The molecule has 3 amide bonds. The average molecular weight is 610 g/mol. The molecule has 0 spiro atoms. The number of likely N-dealkylation sites (tertiary alicyclic amines) is 1. The summed E-state index contributed by atoms with van der Waals surface area (Å²) in [7, 11) is 1.78. The first-order valence-electron chi connectivity index (χ1n) is 16.5. The summed E-state index contributed by atoms with van der Waals surface area (Å²) in [4.78, 5) is 52.8. The van der Waals surface area contributed by atoms with Crippen molar-refractivity contribution in [1.29, 1.82) is 0 Å². The Morgan fingerprint density at radius 3 is 2.30 bits per heavy atom. The van der Waals surface area contributed by atoms with Crippen molar-refractivity contribution in [2.24, 2.45) is 18.4 Å². The molecule has 0 radical (unpaired) electrons. The highest BCUT2D eigenvalue weighted by Crippen LogP contribution is 2.35. The molecule has 0 bridgehead atoms. The quantitative estimate of drug-likeness (QED) is 0.427. The lowest BCUT2D eigenvalue weighted by molar-refractivity contribution is -0.135. The molecule has 10 heteroatoms. The van der Waals surface area contributed by atoms with Crippen LogP contribution in [0.3, 0.4) is 0 Å². The standard InChI is InChI=1S/C34H51N5O5/c1-33(2,3)21-34(4,5)44-31(42)35-24-12-10-22(11-13-24)20-38-18-16-23(17-19-38)25-8-7-9-26-29(25)37(6)32(43)39(26)27-14-15-28(40)36-30(27)41/h7-9,22-24,27H,10-21H2,1-6H3,(H,35,42)(H,36,40,41). The molecule has 5 rings (SSSR count). The summed E-state index contributed by atoms with van der Waals surface area (Å²) in [5.74, 6) is 0.281. The monoisotopic (exact) mass is 609 g/mol. The maximum absolute atomic E-state index is 13.3. The lowest BCUT2D eigenvalue weighted by Crippen LogP contribution is -2.44. The summed E-state index contributed by atoms with van der Waals surface area (Å²) < 4.78 is 9.04. The molecule has 44 heavy (non-hydrogen) atoms. The number of ether oxygens (including phenoxy) is 1. The number of aromatic nitrogens is 2. The van der Waals surface area contributed by atoms with E-state index in [9.17, 15) is 19.2 Å². The number of alkyl carbamates (subject to hydrolysis) is 1. The van der Waals surface area contributed by atoms with E-state index in [-0.39, 0.29) is 35.6 Å². The third kappa shape index (κ3) is 7.38. The van der Waals surface area contributed by atoms with Crippen molar-refractivity contribution in [3.63, 3.8) is 0 Å². The van der Waals surface area contributed by atoms with Crippen LogP contribution in [0.2, 0.25) is 0 Å². The van der Waals surface area contributed by atoms with Crippen molar-refractivity contribution in [3.05, 3.63) is 34.2 Å². The molecule has 2 aromatic rings. The van der Waals surface area contributed by atoms with Gasteiger partial charge >= 0.3 is 11.8 Å². The second-order valence-corrected chi connectivity index (χ2v) is 15.2. The van der Waals surface area contributed by atoms with E-state index in [1.165, 1.54) is 0 Å². The second kappa shape index (κ2) is 12.7. The summed E-state index contributed by atoms with van der Waals surface area (Å²) in [5, 5.41) is 5.52. The Bertz CT molecular complexity index is 1430. The topological polar surface area (TPSA) is 115 Å². The van der Waals surface area contributed by atoms with E-state index in [0.29, 0.717) is 18.3 Å². The van der Waals surface area contributed by atoms with Crippen LogP contribution in [0.15, 0.2) is 23.0 Å². The molecule has 1 atom stereocenters. The number of fused-ring (bicyclic) bond motifs is 1. The number of hydrogen-bond acceptors (Lipinski definition) is 6. The molecule has 3 aliphatic rings. The van der Waals surface area contributed by atoms with E-state index in [0.717, 1.165) is 81.2 Å². The summed E-state index contributed by atoms with van der Waals surface area (Å²) in [6.07, 6.45) is 7.28. The smallest absolute Gasteiger partial charge is 0.407 e. The minimum absolute atomic E-state index is 0.0890. The fraction of sp³-hybridized carbons (Fsp3) is 0.706. The van der Waals surface area contributed by atoms with Gasteiger partial charge in [-0.1, -0.05) is 32.9 Å². The van der Waals surface area contributed by atoms with Crippen molar-refractivity contribution >= 4 is 28.9 Å². The predicted octanol–water partition coefficient (Wildman–Crippen LogP) is 5.00. The third-order valence-corrected chi connectivity index (χ3v) is 9.69. The van der Waals surface area contributed by atoms with Gasteiger partial charge in [-0.3, -0.25) is 24.0 Å². The number of aryl methyl sites for hydroxylation is 1. The first-order valence-corrected chi connectivity index (χ1v) is 16.5. The second-order valence-electron chi connectivity index (χ2n) is 15.2. The van der Waals surface area contributed by atoms with Crippen molar-refractivity contribution in [1.82, 2.24) is 24.7 Å². The number of nitrogens with one attached hydrogen (secondary N) is 2. The van der Waals surface area contributed by atoms with E-state index in [4.69, 9.17) is 4.74 Å². The molecular formula is C34H51N5O5. The minimum atomic E-state index is -0.669. The van der Waals surface area contributed by atoms with Gasteiger partial charge < -0.3 is 15.0 Å². The van der Waals surface area contributed by atoms with Crippen LogP contribution in [0.5, 0.6) is 0 Å². The zero-order chi connectivity index (χ0) is 31.8. The number of piperidine rings is 2. The van der Waals surface area contributed by atoms with Gasteiger partial charge in [0.05, 0.1) is 11.0 Å². The number of benzene rings is 1. The van der Waals surface area contributed by atoms with Gasteiger partial charge in [0.2, 0.25) is 11.8 Å². The molecular weight excluding hydrogens is 558 g/mol. The van der Waals surface area contributed by atoms with Crippen LogP contribution in [0.4, 0.5) is 4.79 Å². The zero-order valence-corrected chi connectivity index (χ0v) is 27.4. The van der Waals surface area contributed by atoms with Crippen molar-refractivity contribution in [2.75, 3.05) is 19.6 Å². The Morgan fingerprint density at radius 2 is 1.66 bits per heavy atom. The first kappa shape index (κ1) is 32.3. The molecule has 1 saturated carbocycles. The van der Waals surface area contributed by atoms with Crippen LogP contribution in [-0.4, -0.2) is 63.2 Å². The van der Waals surface area contributed by atoms with Gasteiger partial charge in [-0.25, -0.2) is 9.59 Å². The van der Waals surface area contributed by atoms with E-state index in [2.05, 4.69) is 42.4 Å². The fourth-order valence-corrected chi connectivity index (χ4v) is 8.07. The molecule has 1 unspecified atom stereocenters. The highest BCUT2D eigenvalue weighted by molar-refractivity contribution is 6.00. The van der Waals surface area contributed by atoms with Crippen LogP contribution >= 0.6 is 0 Å². The van der Waals surface area contributed by atoms with Crippen LogP contribution in [-0.2, 0) is 21.4 Å². The van der Waals surface area contributed by atoms with Gasteiger partial charge in [-0.05, 0) is 107 Å². The van der Waals surface area contributed by atoms with Gasteiger partial charge in [0.1, 0.15) is 11.6 Å². The maximum atomic E-state index is 13.3. The summed E-state index contributed by atoms with van der Waals surface area (Å²) >= 11 is 0. The number of imide groups is 1.